The van der Waals surface area contributed by atoms with E-state index < -0.39 is 0 Å². The molecule has 5 nitrogen and oxygen atoms in total. The van der Waals surface area contributed by atoms with E-state index in [1.807, 2.05) is 12.4 Å². The van der Waals surface area contributed by atoms with Gasteiger partial charge in [-0.15, -0.1) is 0 Å². The minimum absolute atomic E-state index is 0.698. The van der Waals surface area contributed by atoms with Crippen LogP contribution in [0.1, 0.15) is 5.56 Å². The Morgan fingerprint density at radius 2 is 1.93 bits per heavy atom. The number of nitrogens with zero attached hydrogens (tertiary/aromatic N) is 3. The Hall–Kier alpha value is -2.63. The molecule has 0 spiro atoms. The maximum absolute atomic E-state index is 6.09. The highest BCUT2D eigenvalue weighted by Crippen LogP contribution is 2.36. The predicted octanol–water partition coefficient (Wildman–Crippen LogP) is 3.90. The van der Waals surface area contributed by atoms with Gasteiger partial charge in [0.05, 0.1) is 18.7 Å². The number of hydrogen-bond acceptors (Lipinski definition) is 4. The van der Waals surface area contributed by atoms with Crippen molar-refractivity contribution in [2.24, 2.45) is 7.05 Å². The fraction of sp³-hybridized carbons (Fsp3) is 0.348. The molecule has 0 saturated carbocycles. The number of aryl methyl sites for hydroxylation is 2. The molecule has 3 heterocycles. The molecular weight excluding hydrogens is 350 g/mol. The molecule has 1 saturated heterocycles. The molecule has 0 unspecified atom stereocenters. The molecule has 1 aliphatic heterocycles. The second kappa shape index (κ2) is 7.08. The summed E-state index contributed by atoms with van der Waals surface area (Å²) in [5.74, 6) is 0.931. The predicted molar refractivity (Wildman–Crippen MR) is 113 cm³/mol. The van der Waals surface area contributed by atoms with Gasteiger partial charge in [0.15, 0.2) is 0 Å². The van der Waals surface area contributed by atoms with Crippen molar-refractivity contribution in [2.75, 3.05) is 39.5 Å². The first kappa shape index (κ1) is 17.5. The lowest BCUT2D eigenvalue weighted by molar-refractivity contribution is 0.0322. The van der Waals surface area contributed by atoms with Crippen LogP contribution in [0.15, 0.2) is 42.7 Å². The van der Waals surface area contributed by atoms with Gasteiger partial charge in [-0.1, -0.05) is 0 Å². The molecule has 4 aromatic rings. The van der Waals surface area contributed by atoms with Crippen LogP contribution in [0, 0.1) is 6.92 Å². The van der Waals surface area contributed by atoms with E-state index >= 15 is 0 Å². The van der Waals surface area contributed by atoms with Crippen molar-refractivity contribution >= 4 is 32.6 Å². The largest absolute Gasteiger partial charge is 0.492 e. The third kappa shape index (κ3) is 2.91. The third-order valence-electron chi connectivity index (χ3n) is 5.90. The number of pyridine rings is 1. The maximum atomic E-state index is 6.09. The molecule has 1 fully saturated rings. The minimum Gasteiger partial charge on any atom is -0.492 e. The zero-order chi connectivity index (χ0) is 19.1. The second-order valence-electron chi connectivity index (χ2n) is 7.53. The minimum atomic E-state index is 0.698. The van der Waals surface area contributed by atoms with Crippen molar-refractivity contribution in [3.05, 3.63) is 48.3 Å². The van der Waals surface area contributed by atoms with Crippen LogP contribution in [0.2, 0.25) is 0 Å². The Kier molecular flexibility index (Phi) is 4.41. The zero-order valence-corrected chi connectivity index (χ0v) is 16.4. The summed E-state index contributed by atoms with van der Waals surface area (Å²) in [6.45, 7) is 7.46. The third-order valence-corrected chi connectivity index (χ3v) is 5.90. The Labute approximate surface area is 164 Å². The molecule has 0 N–H and O–H groups in total. The number of fused-ring (bicyclic) bond motifs is 4. The van der Waals surface area contributed by atoms with Gasteiger partial charge in [-0.2, -0.15) is 0 Å². The number of hydrogen-bond donors (Lipinski definition) is 0. The van der Waals surface area contributed by atoms with Gasteiger partial charge in [-0.25, -0.2) is 0 Å². The number of morpholine rings is 1. The van der Waals surface area contributed by atoms with Gasteiger partial charge in [0.25, 0.3) is 0 Å². The van der Waals surface area contributed by atoms with E-state index in [9.17, 15) is 0 Å². The Bertz CT molecular complexity index is 1160. The molecule has 28 heavy (non-hydrogen) atoms. The summed E-state index contributed by atoms with van der Waals surface area (Å²) in [5, 5.41) is 4.95. The van der Waals surface area contributed by atoms with Crippen LogP contribution in [-0.2, 0) is 11.8 Å². The van der Waals surface area contributed by atoms with Gasteiger partial charge >= 0.3 is 0 Å². The van der Waals surface area contributed by atoms with Gasteiger partial charge < -0.3 is 14.0 Å². The quantitative estimate of drug-likeness (QED) is 0.542. The molecular formula is C23H25N3O2. The molecule has 0 amide bonds. The van der Waals surface area contributed by atoms with E-state index in [1.165, 1.54) is 38.1 Å². The highest BCUT2D eigenvalue weighted by molar-refractivity contribution is 6.14. The molecule has 5 rings (SSSR count). The van der Waals surface area contributed by atoms with Crippen LogP contribution < -0.4 is 4.74 Å². The van der Waals surface area contributed by atoms with Gasteiger partial charge in [-0.3, -0.25) is 9.88 Å². The molecule has 0 radical (unpaired) electrons. The van der Waals surface area contributed by atoms with Crippen molar-refractivity contribution in [1.29, 1.82) is 0 Å². The fourth-order valence-electron chi connectivity index (χ4n) is 4.39. The second-order valence-corrected chi connectivity index (χ2v) is 7.53. The highest BCUT2D eigenvalue weighted by Gasteiger charge is 2.14. The number of aromatic nitrogens is 2. The van der Waals surface area contributed by atoms with Crippen LogP contribution in [0.3, 0.4) is 0 Å². The molecule has 144 valence electrons. The normalized spacial score (nSPS) is 15.6. The topological polar surface area (TPSA) is 39.5 Å². The maximum Gasteiger partial charge on any atom is 0.120 e. The average Bonchev–Trinajstić information content (AvgIpc) is 3.01. The lowest BCUT2D eigenvalue weighted by Gasteiger charge is -2.26. The van der Waals surface area contributed by atoms with E-state index in [-0.39, 0.29) is 0 Å². The van der Waals surface area contributed by atoms with Crippen LogP contribution in [0.4, 0.5) is 0 Å². The van der Waals surface area contributed by atoms with E-state index in [0.29, 0.717) is 6.61 Å². The molecule has 0 aliphatic carbocycles. The summed E-state index contributed by atoms with van der Waals surface area (Å²) in [4.78, 5) is 6.70. The van der Waals surface area contributed by atoms with Gasteiger partial charge in [0.1, 0.15) is 12.4 Å². The molecule has 2 aromatic heterocycles. The summed E-state index contributed by atoms with van der Waals surface area (Å²) >= 11 is 0. The summed E-state index contributed by atoms with van der Waals surface area (Å²) in [6, 6.07) is 10.8. The summed E-state index contributed by atoms with van der Waals surface area (Å²) < 4.78 is 13.8. The molecule has 5 heteroatoms. The lowest BCUT2D eigenvalue weighted by Crippen LogP contribution is -2.38. The molecule has 1 aliphatic rings. The summed E-state index contributed by atoms with van der Waals surface area (Å²) in [5.41, 5.74) is 3.76. The molecule has 0 atom stereocenters. The smallest absolute Gasteiger partial charge is 0.120 e. The first-order valence-corrected chi connectivity index (χ1v) is 9.91. The van der Waals surface area contributed by atoms with Crippen LogP contribution >= 0.6 is 0 Å². The van der Waals surface area contributed by atoms with Crippen molar-refractivity contribution in [1.82, 2.24) is 14.5 Å². The van der Waals surface area contributed by atoms with Crippen LogP contribution in [0.5, 0.6) is 5.75 Å². The SMILES string of the molecule is Cc1c2cnccc2cc2c3cc(OCCN4CCOCC4)ccc3n(C)c12. The first-order valence-electron chi connectivity index (χ1n) is 9.91. The average molecular weight is 375 g/mol. The van der Waals surface area contributed by atoms with Crippen molar-refractivity contribution in [2.45, 2.75) is 6.92 Å². The number of ether oxygens (including phenoxy) is 2. The Balaban J connectivity index is 1.50. The van der Waals surface area contributed by atoms with Crippen molar-refractivity contribution in [3.63, 3.8) is 0 Å². The standard InChI is InChI=1S/C23H25N3O2/c1-16-21-15-24-6-5-17(21)13-20-19-14-18(3-4-22(19)25(2)23(16)20)28-12-9-26-7-10-27-11-8-26/h3-6,13-15H,7-12H2,1-2H3. The molecule has 0 bridgehead atoms. The van der Waals surface area contributed by atoms with E-state index in [2.05, 4.69) is 58.8 Å². The van der Waals surface area contributed by atoms with Gasteiger partial charge in [0.2, 0.25) is 0 Å². The van der Waals surface area contributed by atoms with E-state index in [4.69, 9.17) is 9.47 Å². The van der Waals surface area contributed by atoms with Gasteiger partial charge in [0, 0.05) is 60.8 Å². The summed E-state index contributed by atoms with van der Waals surface area (Å²) in [6.07, 6.45) is 3.82. The highest BCUT2D eigenvalue weighted by atomic mass is 16.5. The summed E-state index contributed by atoms with van der Waals surface area (Å²) in [7, 11) is 2.14. The van der Waals surface area contributed by atoms with E-state index in [0.717, 1.165) is 38.6 Å². The van der Waals surface area contributed by atoms with Crippen molar-refractivity contribution in [3.8, 4) is 5.75 Å². The lowest BCUT2D eigenvalue weighted by atomic mass is 10.0. The van der Waals surface area contributed by atoms with Gasteiger partial charge in [-0.05, 0) is 48.2 Å². The monoisotopic (exact) mass is 375 g/mol. The van der Waals surface area contributed by atoms with Crippen LogP contribution in [-0.4, -0.2) is 53.9 Å². The zero-order valence-electron chi connectivity index (χ0n) is 16.4. The number of rotatable bonds is 4. The van der Waals surface area contributed by atoms with Crippen LogP contribution in [0.25, 0.3) is 32.6 Å². The molecule has 2 aromatic carbocycles. The fourth-order valence-corrected chi connectivity index (χ4v) is 4.39. The number of benzene rings is 2. The first-order chi connectivity index (χ1) is 13.7. The van der Waals surface area contributed by atoms with E-state index in [1.54, 1.807) is 0 Å². The Morgan fingerprint density at radius 1 is 1.07 bits per heavy atom. The Morgan fingerprint density at radius 3 is 2.79 bits per heavy atom. The van der Waals surface area contributed by atoms with Crippen molar-refractivity contribution < 1.29 is 9.47 Å².